The Bertz CT molecular complexity index is 434. The summed E-state index contributed by atoms with van der Waals surface area (Å²) < 4.78 is 1.85. The first kappa shape index (κ1) is 12.5. The smallest absolute Gasteiger partial charge is 0.156 e. The maximum atomic E-state index is 4.58. The standard InChI is InChI=1S/C12H20N4S/c1-9-10(6-16(4)15-9)5-13-11-14-7-12(2,3)8-17-11/h6H,5,7-8H2,1-4H3,(H,13,14). The second kappa shape index (κ2) is 4.72. The predicted molar refractivity (Wildman–Crippen MR) is 73.3 cm³/mol. The van der Waals surface area contributed by atoms with Gasteiger partial charge in [-0.2, -0.15) is 5.10 Å². The molecule has 17 heavy (non-hydrogen) atoms. The van der Waals surface area contributed by atoms with Gasteiger partial charge < -0.3 is 5.32 Å². The van der Waals surface area contributed by atoms with Gasteiger partial charge in [-0.15, -0.1) is 0 Å². The summed E-state index contributed by atoms with van der Waals surface area (Å²) in [6.07, 6.45) is 2.06. The lowest BCUT2D eigenvalue weighted by molar-refractivity contribution is 0.436. The molecule has 1 aromatic heterocycles. The molecule has 0 unspecified atom stereocenters. The molecule has 0 saturated heterocycles. The Balaban J connectivity index is 1.91. The minimum absolute atomic E-state index is 0.333. The molecule has 1 N–H and O–H groups in total. The van der Waals surface area contributed by atoms with Crippen molar-refractivity contribution in [3.63, 3.8) is 0 Å². The highest BCUT2D eigenvalue weighted by Crippen LogP contribution is 2.27. The molecule has 1 aromatic rings. The van der Waals surface area contributed by atoms with Crippen molar-refractivity contribution < 1.29 is 0 Å². The van der Waals surface area contributed by atoms with Crippen LogP contribution in [0.2, 0.25) is 0 Å². The Morgan fingerprint density at radius 3 is 2.82 bits per heavy atom. The van der Waals surface area contributed by atoms with Crippen LogP contribution in [0, 0.1) is 12.3 Å². The van der Waals surface area contributed by atoms with Crippen molar-refractivity contribution >= 4 is 16.9 Å². The second-order valence-electron chi connectivity index (χ2n) is 5.34. The highest BCUT2D eigenvalue weighted by molar-refractivity contribution is 8.13. The van der Waals surface area contributed by atoms with Crippen LogP contribution in [-0.4, -0.2) is 27.2 Å². The lowest BCUT2D eigenvalue weighted by Crippen LogP contribution is -2.31. The lowest BCUT2D eigenvalue weighted by atomic mass is 9.97. The molecule has 94 valence electrons. The van der Waals surface area contributed by atoms with E-state index in [1.54, 1.807) is 0 Å². The van der Waals surface area contributed by atoms with Crippen LogP contribution < -0.4 is 5.32 Å². The number of nitrogens with one attached hydrogen (secondary N) is 1. The molecule has 2 heterocycles. The van der Waals surface area contributed by atoms with Crippen molar-refractivity contribution in [1.29, 1.82) is 0 Å². The summed E-state index contributed by atoms with van der Waals surface area (Å²) >= 11 is 1.81. The number of rotatable bonds is 2. The second-order valence-corrected chi connectivity index (χ2v) is 6.31. The van der Waals surface area contributed by atoms with Gasteiger partial charge in [-0.3, -0.25) is 9.67 Å². The monoisotopic (exact) mass is 252 g/mol. The first-order valence-corrected chi connectivity index (χ1v) is 6.85. The normalized spacial score (nSPS) is 18.9. The van der Waals surface area contributed by atoms with E-state index >= 15 is 0 Å². The highest BCUT2D eigenvalue weighted by Gasteiger charge is 2.23. The zero-order chi connectivity index (χ0) is 12.5. The molecule has 0 spiro atoms. The molecule has 0 bridgehead atoms. The van der Waals surface area contributed by atoms with E-state index in [-0.39, 0.29) is 0 Å². The number of thioether (sulfide) groups is 1. The van der Waals surface area contributed by atoms with Crippen LogP contribution in [0.1, 0.15) is 25.1 Å². The molecular weight excluding hydrogens is 232 g/mol. The average Bonchev–Trinajstić information content (AvgIpc) is 2.56. The van der Waals surface area contributed by atoms with Crippen LogP contribution in [0.25, 0.3) is 0 Å². The van der Waals surface area contributed by atoms with Crippen molar-refractivity contribution in [1.82, 2.24) is 15.1 Å². The molecule has 0 fully saturated rings. The van der Waals surface area contributed by atoms with Gasteiger partial charge in [0.25, 0.3) is 0 Å². The van der Waals surface area contributed by atoms with Crippen LogP contribution in [0.15, 0.2) is 11.2 Å². The Kier molecular flexibility index (Phi) is 3.47. The van der Waals surface area contributed by atoms with Crippen molar-refractivity contribution in [2.75, 3.05) is 12.3 Å². The highest BCUT2D eigenvalue weighted by atomic mass is 32.2. The van der Waals surface area contributed by atoms with Gasteiger partial charge in [0.2, 0.25) is 0 Å². The summed E-state index contributed by atoms with van der Waals surface area (Å²) in [5.41, 5.74) is 2.66. The number of aromatic nitrogens is 2. The van der Waals surface area contributed by atoms with E-state index in [1.165, 1.54) is 5.56 Å². The first-order valence-electron chi connectivity index (χ1n) is 5.86. The number of hydrogen-bond donors (Lipinski definition) is 1. The summed E-state index contributed by atoms with van der Waals surface area (Å²) in [6.45, 7) is 8.27. The van der Waals surface area contributed by atoms with E-state index in [4.69, 9.17) is 0 Å². The van der Waals surface area contributed by atoms with Gasteiger partial charge in [-0.1, -0.05) is 25.6 Å². The molecule has 1 aliphatic rings. The quantitative estimate of drug-likeness (QED) is 0.875. The van der Waals surface area contributed by atoms with E-state index in [2.05, 4.69) is 35.5 Å². The van der Waals surface area contributed by atoms with Gasteiger partial charge in [0.15, 0.2) is 5.17 Å². The third-order valence-corrected chi connectivity index (χ3v) is 4.27. The molecule has 0 radical (unpaired) electrons. The fourth-order valence-corrected chi connectivity index (χ4v) is 2.69. The van der Waals surface area contributed by atoms with Gasteiger partial charge in [0, 0.05) is 37.7 Å². The molecule has 0 amide bonds. The average molecular weight is 252 g/mol. The number of aliphatic imine (C=N–C) groups is 1. The lowest BCUT2D eigenvalue weighted by Gasteiger charge is -2.27. The minimum atomic E-state index is 0.333. The summed E-state index contributed by atoms with van der Waals surface area (Å²) in [4.78, 5) is 4.58. The van der Waals surface area contributed by atoms with Gasteiger partial charge in [-0.05, 0) is 12.3 Å². The third-order valence-electron chi connectivity index (χ3n) is 2.80. The first-order chi connectivity index (χ1) is 7.96. The molecule has 5 heteroatoms. The summed E-state index contributed by atoms with van der Waals surface area (Å²) in [5.74, 6) is 1.13. The number of hydrogen-bond acceptors (Lipinski definition) is 4. The number of aryl methyl sites for hydroxylation is 2. The SMILES string of the molecule is Cc1nn(C)cc1CNC1=NCC(C)(C)CS1. The summed E-state index contributed by atoms with van der Waals surface area (Å²) in [7, 11) is 1.95. The maximum Gasteiger partial charge on any atom is 0.156 e. The molecule has 1 aliphatic heterocycles. The third kappa shape index (κ3) is 3.25. The van der Waals surface area contributed by atoms with Gasteiger partial charge >= 0.3 is 0 Å². The van der Waals surface area contributed by atoms with Crippen LogP contribution in [0.4, 0.5) is 0 Å². The number of nitrogens with zero attached hydrogens (tertiary/aromatic N) is 3. The van der Waals surface area contributed by atoms with Crippen molar-refractivity contribution in [3.05, 3.63) is 17.5 Å². The van der Waals surface area contributed by atoms with E-state index in [0.717, 1.165) is 29.7 Å². The van der Waals surface area contributed by atoms with Crippen molar-refractivity contribution in [2.45, 2.75) is 27.3 Å². The van der Waals surface area contributed by atoms with Crippen LogP contribution in [0.3, 0.4) is 0 Å². The minimum Gasteiger partial charge on any atom is -0.361 e. The van der Waals surface area contributed by atoms with Crippen LogP contribution in [0.5, 0.6) is 0 Å². The van der Waals surface area contributed by atoms with E-state index in [1.807, 2.05) is 30.4 Å². The van der Waals surface area contributed by atoms with Gasteiger partial charge in [0.1, 0.15) is 0 Å². The zero-order valence-electron chi connectivity index (χ0n) is 10.9. The van der Waals surface area contributed by atoms with Crippen LogP contribution in [-0.2, 0) is 13.6 Å². The van der Waals surface area contributed by atoms with Crippen molar-refractivity contribution in [3.8, 4) is 0 Å². The fourth-order valence-electron chi connectivity index (χ4n) is 1.74. The molecule has 4 nitrogen and oxygen atoms in total. The van der Waals surface area contributed by atoms with Crippen LogP contribution >= 0.6 is 11.8 Å². The molecule has 0 atom stereocenters. The molecule has 0 aliphatic carbocycles. The van der Waals surface area contributed by atoms with E-state index in [9.17, 15) is 0 Å². The van der Waals surface area contributed by atoms with Gasteiger partial charge in [-0.25, -0.2) is 0 Å². The zero-order valence-corrected chi connectivity index (χ0v) is 11.8. The Labute approximate surface area is 107 Å². The fraction of sp³-hybridized carbons (Fsp3) is 0.667. The Morgan fingerprint density at radius 2 is 2.29 bits per heavy atom. The topological polar surface area (TPSA) is 42.2 Å². The maximum absolute atomic E-state index is 4.58. The van der Waals surface area contributed by atoms with E-state index in [0.29, 0.717) is 5.41 Å². The Morgan fingerprint density at radius 1 is 1.53 bits per heavy atom. The largest absolute Gasteiger partial charge is 0.361 e. The van der Waals surface area contributed by atoms with Gasteiger partial charge in [0.05, 0.1) is 5.69 Å². The molecular formula is C12H20N4S. The Hall–Kier alpha value is -0.970. The van der Waals surface area contributed by atoms with Crippen molar-refractivity contribution in [2.24, 2.45) is 17.5 Å². The molecule has 0 aromatic carbocycles. The summed E-state index contributed by atoms with van der Waals surface area (Å²) in [5, 5.41) is 8.78. The molecule has 0 saturated carbocycles. The summed E-state index contributed by atoms with van der Waals surface area (Å²) in [6, 6.07) is 0. The van der Waals surface area contributed by atoms with E-state index < -0.39 is 0 Å². The number of amidine groups is 1. The molecule has 2 rings (SSSR count). The predicted octanol–water partition coefficient (Wildman–Crippen LogP) is 1.95.